The third-order valence-corrected chi connectivity index (χ3v) is 2.68. The average Bonchev–Trinajstić information content (AvgIpc) is 2.14. The molecule has 82 valence electrons. The highest BCUT2D eigenvalue weighted by Crippen LogP contribution is 2.18. The molecule has 0 N–H and O–H groups in total. The first kappa shape index (κ1) is 12.2. The summed E-state index contributed by atoms with van der Waals surface area (Å²) in [5, 5.41) is 1.23. The van der Waals surface area contributed by atoms with Crippen LogP contribution < -0.4 is 0 Å². The summed E-state index contributed by atoms with van der Waals surface area (Å²) < 4.78 is 5.78. The van der Waals surface area contributed by atoms with E-state index in [1.165, 1.54) is 16.3 Å². The molecule has 0 radical (unpaired) electrons. The topological polar surface area (TPSA) is 9.23 Å². The van der Waals surface area contributed by atoms with Crippen LogP contribution in [0.5, 0.6) is 0 Å². The molecule has 0 aliphatic rings. The van der Waals surface area contributed by atoms with Gasteiger partial charge >= 0.3 is 0 Å². The minimum atomic E-state index is -0.0837. The Balaban J connectivity index is 2.81. The van der Waals surface area contributed by atoms with Gasteiger partial charge in [0.15, 0.2) is 0 Å². The van der Waals surface area contributed by atoms with E-state index in [9.17, 15) is 0 Å². The Kier molecular flexibility index (Phi) is 3.88. The van der Waals surface area contributed by atoms with Gasteiger partial charge in [-0.25, -0.2) is 0 Å². The second-order valence-electron chi connectivity index (χ2n) is 4.84. The molecule has 15 heavy (non-hydrogen) atoms. The van der Waals surface area contributed by atoms with Crippen molar-refractivity contribution in [3.05, 3.63) is 42.0 Å². The molecule has 0 unspecified atom stereocenters. The van der Waals surface area contributed by atoms with E-state index in [4.69, 9.17) is 4.74 Å². The summed E-state index contributed by atoms with van der Waals surface area (Å²) in [6, 6.07) is 8.34. The molecule has 1 rings (SSSR count). The van der Waals surface area contributed by atoms with E-state index in [1.54, 1.807) is 0 Å². The number of rotatable bonds is 3. The van der Waals surface area contributed by atoms with Gasteiger partial charge in [-0.3, -0.25) is 0 Å². The van der Waals surface area contributed by atoms with Gasteiger partial charge in [0, 0.05) is 10.2 Å². The first-order chi connectivity index (χ1) is 6.90. The predicted molar refractivity (Wildman–Crippen MR) is 70.0 cm³/mol. The molecule has 1 aromatic carbocycles. The first-order valence-corrected chi connectivity index (χ1v) is 6.28. The van der Waals surface area contributed by atoms with Crippen LogP contribution in [0.15, 0.2) is 30.8 Å². The smallest absolute Gasteiger partial charge is 0.0729 e. The van der Waals surface area contributed by atoms with Crippen LogP contribution in [0.25, 0.3) is 5.20 Å². The van der Waals surface area contributed by atoms with Gasteiger partial charge in [-0.15, -0.1) is 6.58 Å². The largest absolute Gasteiger partial charge is 0.371 e. The van der Waals surface area contributed by atoms with Crippen molar-refractivity contribution >= 4 is 15.4 Å². The van der Waals surface area contributed by atoms with E-state index in [0.717, 1.165) is 10.2 Å². The minimum Gasteiger partial charge on any atom is -0.371 e. The average molecular weight is 220 g/mol. The van der Waals surface area contributed by atoms with Crippen molar-refractivity contribution in [2.75, 3.05) is 0 Å². The molecule has 0 saturated heterocycles. The van der Waals surface area contributed by atoms with Crippen molar-refractivity contribution < 1.29 is 4.74 Å². The van der Waals surface area contributed by atoms with Gasteiger partial charge in [0.1, 0.15) is 0 Å². The summed E-state index contributed by atoms with van der Waals surface area (Å²) >= 11 is 0. The lowest BCUT2D eigenvalue weighted by Crippen LogP contribution is -2.19. The van der Waals surface area contributed by atoms with Crippen LogP contribution in [0.2, 0.25) is 0 Å². The Labute approximate surface area is 95.6 Å². The zero-order chi connectivity index (χ0) is 11.5. The summed E-state index contributed by atoms with van der Waals surface area (Å²) in [5.74, 6) is 0. The summed E-state index contributed by atoms with van der Waals surface area (Å²) in [6.07, 6.45) is 0. The molecular formula is C13H20OSi. The van der Waals surface area contributed by atoms with Gasteiger partial charge in [-0.05, 0) is 31.9 Å². The molecule has 0 atom stereocenters. The second kappa shape index (κ2) is 4.77. The molecule has 1 aromatic rings. The van der Waals surface area contributed by atoms with Crippen LogP contribution in [-0.4, -0.2) is 15.8 Å². The molecule has 0 spiro atoms. The second-order valence-corrected chi connectivity index (χ2v) is 6.05. The molecule has 0 aliphatic carbocycles. The maximum atomic E-state index is 5.78. The quantitative estimate of drug-likeness (QED) is 0.711. The Morgan fingerprint density at radius 3 is 2.47 bits per heavy atom. The van der Waals surface area contributed by atoms with E-state index in [1.807, 2.05) is 0 Å². The van der Waals surface area contributed by atoms with Gasteiger partial charge in [0.2, 0.25) is 0 Å². The summed E-state index contributed by atoms with van der Waals surface area (Å²) in [4.78, 5) is 0. The van der Waals surface area contributed by atoms with Crippen molar-refractivity contribution in [2.45, 2.75) is 33.0 Å². The molecular weight excluding hydrogens is 200 g/mol. The van der Waals surface area contributed by atoms with Gasteiger partial charge in [-0.2, -0.15) is 0 Å². The number of benzene rings is 1. The van der Waals surface area contributed by atoms with Crippen LogP contribution in [0.3, 0.4) is 0 Å². The summed E-state index contributed by atoms with van der Waals surface area (Å²) in [5.41, 5.74) is 2.42. The van der Waals surface area contributed by atoms with Crippen molar-refractivity contribution in [3.8, 4) is 0 Å². The molecule has 0 aromatic heterocycles. The fraction of sp³-hybridized carbons (Fsp3) is 0.385. The number of hydrogen-bond donors (Lipinski definition) is 0. The van der Waals surface area contributed by atoms with E-state index in [2.05, 4.69) is 51.6 Å². The van der Waals surface area contributed by atoms with Crippen LogP contribution in [0, 0.1) is 0 Å². The molecule has 0 saturated carbocycles. The van der Waals surface area contributed by atoms with Crippen LogP contribution in [0.1, 0.15) is 31.9 Å². The SMILES string of the molecule is C=C([SiH3])c1ccccc1COC(C)(C)C. The number of hydrogen-bond acceptors (Lipinski definition) is 1. The highest BCUT2D eigenvalue weighted by atomic mass is 28.1. The van der Waals surface area contributed by atoms with Crippen LogP contribution in [-0.2, 0) is 11.3 Å². The Hall–Kier alpha value is -0.863. The fourth-order valence-corrected chi connectivity index (χ4v) is 1.84. The lowest BCUT2D eigenvalue weighted by Gasteiger charge is -2.20. The van der Waals surface area contributed by atoms with Crippen molar-refractivity contribution in [1.82, 2.24) is 0 Å². The molecule has 0 fully saturated rings. The predicted octanol–water partition coefficient (Wildman–Crippen LogP) is 2.34. The third kappa shape index (κ3) is 4.02. The summed E-state index contributed by atoms with van der Waals surface area (Å²) in [6.45, 7) is 10.9. The molecule has 0 heterocycles. The monoisotopic (exact) mass is 220 g/mol. The minimum absolute atomic E-state index is 0.0837. The Morgan fingerprint density at radius 1 is 1.33 bits per heavy atom. The highest BCUT2D eigenvalue weighted by molar-refractivity contribution is 6.41. The lowest BCUT2D eigenvalue weighted by molar-refractivity contribution is -0.0150. The zero-order valence-electron chi connectivity index (χ0n) is 10.1. The third-order valence-electron chi connectivity index (χ3n) is 2.14. The van der Waals surface area contributed by atoms with Crippen molar-refractivity contribution in [3.63, 3.8) is 0 Å². The maximum absolute atomic E-state index is 5.78. The van der Waals surface area contributed by atoms with Gasteiger partial charge in [-0.1, -0.05) is 29.5 Å². The lowest BCUT2D eigenvalue weighted by atomic mass is 10.1. The molecule has 1 nitrogen and oxygen atoms in total. The van der Waals surface area contributed by atoms with Crippen molar-refractivity contribution in [1.29, 1.82) is 0 Å². The van der Waals surface area contributed by atoms with Gasteiger partial charge in [0.25, 0.3) is 0 Å². The van der Waals surface area contributed by atoms with E-state index in [0.29, 0.717) is 6.61 Å². The normalized spacial score (nSPS) is 11.7. The van der Waals surface area contributed by atoms with Crippen LogP contribution >= 0.6 is 0 Å². The first-order valence-electron chi connectivity index (χ1n) is 5.28. The van der Waals surface area contributed by atoms with Crippen molar-refractivity contribution in [2.24, 2.45) is 0 Å². The molecule has 0 amide bonds. The standard InChI is InChI=1S/C13H20OSi/c1-10(15)12-8-6-5-7-11(12)9-14-13(2,3)4/h5-8H,1,9H2,2-4,15H3. The molecule has 0 aliphatic heterocycles. The molecule has 2 heteroatoms. The Morgan fingerprint density at radius 2 is 1.93 bits per heavy atom. The van der Waals surface area contributed by atoms with E-state index < -0.39 is 0 Å². The zero-order valence-corrected chi connectivity index (χ0v) is 12.1. The van der Waals surface area contributed by atoms with E-state index in [-0.39, 0.29) is 5.60 Å². The maximum Gasteiger partial charge on any atom is 0.0729 e. The van der Waals surface area contributed by atoms with Gasteiger partial charge < -0.3 is 4.74 Å². The van der Waals surface area contributed by atoms with E-state index >= 15 is 0 Å². The Bertz CT molecular complexity index is 350. The van der Waals surface area contributed by atoms with Crippen LogP contribution in [0.4, 0.5) is 0 Å². The molecule has 0 bridgehead atoms. The number of ether oxygens (including phenoxy) is 1. The highest BCUT2D eigenvalue weighted by Gasteiger charge is 2.11. The summed E-state index contributed by atoms with van der Waals surface area (Å²) in [7, 11) is 1.00. The fourth-order valence-electron chi connectivity index (χ4n) is 1.36. The van der Waals surface area contributed by atoms with Gasteiger partial charge in [0.05, 0.1) is 12.2 Å².